The van der Waals surface area contributed by atoms with Gasteiger partial charge in [0.2, 0.25) is 0 Å². The highest BCUT2D eigenvalue weighted by Gasteiger charge is 2.35. The first-order valence-corrected chi connectivity index (χ1v) is 8.84. The molecule has 5 heteroatoms. The number of carbonyl (C=O) groups is 1. The van der Waals surface area contributed by atoms with Crippen LogP contribution in [0, 0.1) is 13.8 Å². The Morgan fingerprint density at radius 3 is 2.72 bits per heavy atom. The van der Waals surface area contributed by atoms with Gasteiger partial charge in [0.25, 0.3) is 5.91 Å². The van der Waals surface area contributed by atoms with E-state index >= 15 is 0 Å². The number of rotatable bonds is 4. The predicted octanol–water partition coefficient (Wildman–Crippen LogP) is 2.69. The highest BCUT2D eigenvalue weighted by Crippen LogP contribution is 2.21. The molecule has 1 saturated heterocycles. The van der Waals surface area contributed by atoms with Crippen molar-refractivity contribution in [3.8, 4) is 0 Å². The molecule has 1 aromatic heterocycles. The largest absolute Gasteiger partial charge is 0.378 e. The molecule has 25 heavy (non-hydrogen) atoms. The first-order chi connectivity index (χ1) is 11.9. The number of benzene rings is 1. The van der Waals surface area contributed by atoms with Crippen molar-refractivity contribution in [3.05, 3.63) is 41.1 Å². The number of methoxy groups -OCH3 is 1. The summed E-state index contributed by atoms with van der Waals surface area (Å²) in [6.07, 6.45) is 0.0160. The summed E-state index contributed by atoms with van der Waals surface area (Å²) in [6, 6.07) is 8.32. The molecule has 0 unspecified atom stereocenters. The Morgan fingerprint density at radius 2 is 2.04 bits per heavy atom. The fraction of sp³-hybridized carbons (Fsp3) is 0.500. The number of pyridine rings is 1. The highest BCUT2D eigenvalue weighted by molar-refractivity contribution is 6.06. The van der Waals surface area contributed by atoms with E-state index in [1.807, 2.05) is 38.1 Å². The molecule has 0 spiro atoms. The van der Waals surface area contributed by atoms with Gasteiger partial charge in [-0.2, -0.15) is 0 Å². The van der Waals surface area contributed by atoms with Crippen molar-refractivity contribution in [1.82, 2.24) is 15.2 Å². The average molecular weight is 341 g/mol. The summed E-state index contributed by atoms with van der Waals surface area (Å²) < 4.78 is 5.60. The van der Waals surface area contributed by atoms with Crippen molar-refractivity contribution >= 4 is 16.8 Å². The van der Waals surface area contributed by atoms with Gasteiger partial charge in [-0.1, -0.05) is 11.6 Å². The normalized spacial score (nSPS) is 21.2. The van der Waals surface area contributed by atoms with Crippen molar-refractivity contribution in [3.63, 3.8) is 0 Å². The van der Waals surface area contributed by atoms with Gasteiger partial charge in [0, 0.05) is 37.3 Å². The Labute approximate surface area is 149 Å². The zero-order chi connectivity index (χ0) is 18.1. The average Bonchev–Trinajstić information content (AvgIpc) is 2.97. The van der Waals surface area contributed by atoms with Crippen molar-refractivity contribution in [2.45, 2.75) is 45.9 Å². The number of fused-ring (bicyclic) bond motifs is 1. The van der Waals surface area contributed by atoms with Crippen LogP contribution in [0.25, 0.3) is 10.9 Å². The number of carbonyl (C=O) groups excluding carboxylic acids is 1. The fourth-order valence-corrected chi connectivity index (χ4v) is 3.51. The lowest BCUT2D eigenvalue weighted by Crippen LogP contribution is -2.43. The van der Waals surface area contributed by atoms with E-state index in [1.54, 1.807) is 7.11 Å². The summed E-state index contributed by atoms with van der Waals surface area (Å²) in [5, 5.41) is 4.09. The van der Waals surface area contributed by atoms with Crippen LogP contribution in [0.3, 0.4) is 0 Å². The summed E-state index contributed by atoms with van der Waals surface area (Å²) >= 11 is 0. The lowest BCUT2D eigenvalue weighted by Gasteiger charge is -2.20. The Hall–Kier alpha value is -1.98. The Balaban J connectivity index is 1.88. The van der Waals surface area contributed by atoms with E-state index in [4.69, 9.17) is 4.74 Å². The second kappa shape index (κ2) is 7.10. The summed E-state index contributed by atoms with van der Waals surface area (Å²) in [5.41, 5.74) is 3.51. The Kier molecular flexibility index (Phi) is 5.06. The van der Waals surface area contributed by atoms with Crippen molar-refractivity contribution in [1.29, 1.82) is 0 Å². The lowest BCUT2D eigenvalue weighted by atomic mass is 10.0. The number of hydrogen-bond acceptors (Lipinski definition) is 4. The SMILES string of the molecule is CO[C@H]1CN(C(C)C)C[C@@H]1NC(=O)c1cc(C)nc2ccc(C)cc12. The van der Waals surface area contributed by atoms with Gasteiger partial charge in [-0.15, -0.1) is 0 Å². The zero-order valence-corrected chi connectivity index (χ0v) is 15.7. The minimum absolute atomic E-state index is 0.00627. The van der Waals surface area contributed by atoms with Crippen LogP contribution in [0.5, 0.6) is 0 Å². The topological polar surface area (TPSA) is 54.5 Å². The van der Waals surface area contributed by atoms with Gasteiger partial charge < -0.3 is 10.1 Å². The first kappa shape index (κ1) is 17.8. The second-order valence-electron chi connectivity index (χ2n) is 7.23. The molecule has 1 aliphatic rings. The molecular formula is C20H27N3O2. The fourth-order valence-electron chi connectivity index (χ4n) is 3.51. The molecule has 2 atom stereocenters. The minimum Gasteiger partial charge on any atom is -0.378 e. The van der Waals surface area contributed by atoms with Crippen LogP contribution >= 0.6 is 0 Å². The van der Waals surface area contributed by atoms with Crippen LogP contribution < -0.4 is 5.32 Å². The molecule has 0 bridgehead atoms. The van der Waals surface area contributed by atoms with E-state index in [9.17, 15) is 4.79 Å². The van der Waals surface area contributed by atoms with E-state index in [0.29, 0.717) is 11.6 Å². The van der Waals surface area contributed by atoms with E-state index in [0.717, 1.165) is 35.2 Å². The van der Waals surface area contributed by atoms with Crippen molar-refractivity contribution < 1.29 is 9.53 Å². The van der Waals surface area contributed by atoms with Crippen LogP contribution in [0.2, 0.25) is 0 Å². The molecule has 3 rings (SSSR count). The summed E-state index contributed by atoms with van der Waals surface area (Å²) in [4.78, 5) is 19.9. The van der Waals surface area contributed by atoms with E-state index in [-0.39, 0.29) is 18.1 Å². The lowest BCUT2D eigenvalue weighted by molar-refractivity contribution is 0.0754. The summed E-state index contributed by atoms with van der Waals surface area (Å²) in [7, 11) is 1.71. The van der Waals surface area contributed by atoms with Gasteiger partial charge >= 0.3 is 0 Å². The van der Waals surface area contributed by atoms with Gasteiger partial charge in [-0.3, -0.25) is 14.7 Å². The van der Waals surface area contributed by atoms with Crippen LogP contribution in [-0.4, -0.2) is 54.2 Å². The molecule has 1 aliphatic heterocycles. The van der Waals surface area contributed by atoms with Gasteiger partial charge in [0.05, 0.1) is 23.2 Å². The molecule has 1 N–H and O–H groups in total. The minimum atomic E-state index is -0.0567. The summed E-state index contributed by atoms with van der Waals surface area (Å²) in [6.45, 7) is 9.93. The van der Waals surface area contributed by atoms with Crippen LogP contribution in [0.4, 0.5) is 0 Å². The highest BCUT2D eigenvalue weighted by atomic mass is 16.5. The predicted molar refractivity (Wildman–Crippen MR) is 100.0 cm³/mol. The number of nitrogens with zero attached hydrogens (tertiary/aromatic N) is 2. The second-order valence-corrected chi connectivity index (χ2v) is 7.23. The van der Waals surface area contributed by atoms with Crippen LogP contribution in [-0.2, 0) is 4.74 Å². The molecule has 134 valence electrons. The molecule has 0 radical (unpaired) electrons. The molecule has 2 heterocycles. The molecule has 5 nitrogen and oxygen atoms in total. The van der Waals surface area contributed by atoms with Crippen LogP contribution in [0.1, 0.15) is 35.5 Å². The van der Waals surface area contributed by atoms with Crippen LogP contribution in [0.15, 0.2) is 24.3 Å². The maximum atomic E-state index is 13.0. The van der Waals surface area contributed by atoms with Gasteiger partial charge in [0.15, 0.2) is 0 Å². The quantitative estimate of drug-likeness (QED) is 0.929. The monoisotopic (exact) mass is 341 g/mol. The van der Waals surface area contributed by atoms with E-state index < -0.39 is 0 Å². The van der Waals surface area contributed by atoms with E-state index in [2.05, 4.69) is 29.0 Å². The number of aryl methyl sites for hydroxylation is 2. The third-order valence-electron chi connectivity index (χ3n) is 4.98. The number of hydrogen-bond donors (Lipinski definition) is 1. The molecular weight excluding hydrogens is 314 g/mol. The van der Waals surface area contributed by atoms with Gasteiger partial charge in [0.1, 0.15) is 0 Å². The molecule has 2 aromatic rings. The molecule has 1 fully saturated rings. The number of amides is 1. The number of aromatic nitrogens is 1. The van der Waals surface area contributed by atoms with Crippen molar-refractivity contribution in [2.24, 2.45) is 0 Å². The third-order valence-corrected chi connectivity index (χ3v) is 4.98. The smallest absolute Gasteiger partial charge is 0.252 e. The van der Waals surface area contributed by atoms with E-state index in [1.165, 1.54) is 0 Å². The molecule has 1 aromatic carbocycles. The first-order valence-electron chi connectivity index (χ1n) is 8.84. The molecule has 0 saturated carbocycles. The third kappa shape index (κ3) is 3.67. The summed E-state index contributed by atoms with van der Waals surface area (Å²) in [5.74, 6) is -0.0567. The number of likely N-dealkylation sites (tertiary alicyclic amines) is 1. The molecule has 0 aliphatic carbocycles. The maximum absolute atomic E-state index is 13.0. The Morgan fingerprint density at radius 1 is 1.28 bits per heavy atom. The Bertz CT molecular complexity index is 788. The standard InChI is InChI=1S/C20H27N3O2/c1-12(2)23-10-18(19(11-23)25-5)22-20(24)16-9-14(4)21-17-7-6-13(3)8-15(16)17/h6-9,12,18-19H,10-11H2,1-5H3,(H,22,24)/t18-,19-/m0/s1. The van der Waals surface area contributed by atoms with Crippen molar-refractivity contribution in [2.75, 3.05) is 20.2 Å². The maximum Gasteiger partial charge on any atom is 0.252 e. The van der Waals surface area contributed by atoms with Gasteiger partial charge in [-0.05, 0) is 45.9 Å². The van der Waals surface area contributed by atoms with Gasteiger partial charge in [-0.25, -0.2) is 0 Å². The molecule has 1 amide bonds. The number of ether oxygens (including phenoxy) is 1. The number of nitrogens with one attached hydrogen (secondary N) is 1. The zero-order valence-electron chi connectivity index (χ0n) is 15.7.